The number of benzene rings is 3. The number of anilines is 1. The molecule has 0 heterocycles. The highest BCUT2D eigenvalue weighted by Crippen LogP contribution is 2.26. The number of hydrogen-bond donors (Lipinski definition) is 1. The van der Waals surface area contributed by atoms with Gasteiger partial charge in [-0.2, -0.15) is 0 Å². The molecule has 3 aromatic rings. The van der Waals surface area contributed by atoms with E-state index in [-0.39, 0.29) is 18.0 Å². The molecule has 8 heteroatoms. The third-order valence-electron chi connectivity index (χ3n) is 4.43. The van der Waals surface area contributed by atoms with E-state index in [0.717, 1.165) is 15.4 Å². The summed E-state index contributed by atoms with van der Waals surface area (Å²) in [4.78, 5) is 12.8. The van der Waals surface area contributed by atoms with Gasteiger partial charge in [0.05, 0.1) is 10.6 Å². The maximum Gasteiger partial charge on any atom is 0.264 e. The molecular formula is C22H20BrClN2O3S. The summed E-state index contributed by atoms with van der Waals surface area (Å²) in [5.74, 6) is -0.439. The molecule has 0 unspecified atom stereocenters. The van der Waals surface area contributed by atoms with Crippen molar-refractivity contribution in [3.63, 3.8) is 0 Å². The van der Waals surface area contributed by atoms with Crippen LogP contribution in [0.15, 0.2) is 82.2 Å². The summed E-state index contributed by atoms with van der Waals surface area (Å²) in [6, 6.07) is 20.5. The predicted molar refractivity (Wildman–Crippen MR) is 123 cm³/mol. The highest BCUT2D eigenvalue weighted by molar-refractivity contribution is 9.10. The topological polar surface area (TPSA) is 66.5 Å². The molecule has 0 aliphatic carbocycles. The lowest BCUT2D eigenvalue weighted by molar-refractivity contribution is -0.119. The number of hydrogen-bond acceptors (Lipinski definition) is 3. The van der Waals surface area contributed by atoms with Crippen molar-refractivity contribution in [3.8, 4) is 0 Å². The molecule has 0 saturated heterocycles. The molecule has 1 amide bonds. The minimum atomic E-state index is -3.95. The predicted octanol–water partition coefficient (Wildman–Crippen LogP) is 4.92. The van der Waals surface area contributed by atoms with Crippen LogP contribution in [-0.4, -0.2) is 20.9 Å². The number of halogens is 2. The standard InChI is InChI=1S/C22H20BrClN2O3S/c1-16-9-11-20(12-10-16)30(28,29)26(19-7-4-6-18(23)13-19)15-22(27)25-14-17-5-2-3-8-21(17)24/h2-13H,14-15H2,1H3,(H,25,27). The average Bonchev–Trinajstić information content (AvgIpc) is 2.71. The average molecular weight is 508 g/mol. The largest absolute Gasteiger partial charge is 0.350 e. The molecule has 0 spiro atoms. The van der Waals surface area contributed by atoms with E-state index in [0.29, 0.717) is 15.2 Å². The lowest BCUT2D eigenvalue weighted by Crippen LogP contribution is -2.40. The SMILES string of the molecule is Cc1ccc(S(=O)(=O)N(CC(=O)NCc2ccccc2Cl)c2cccc(Br)c2)cc1. The molecule has 156 valence electrons. The zero-order valence-corrected chi connectivity index (χ0v) is 19.3. The fraction of sp³-hybridized carbons (Fsp3) is 0.136. The van der Waals surface area contributed by atoms with Crippen molar-refractivity contribution in [3.05, 3.63) is 93.4 Å². The first-order valence-corrected chi connectivity index (χ1v) is 11.7. The summed E-state index contributed by atoms with van der Waals surface area (Å²) in [5, 5.41) is 3.28. The van der Waals surface area contributed by atoms with E-state index in [1.54, 1.807) is 54.6 Å². The van der Waals surface area contributed by atoms with Crippen LogP contribution in [0.5, 0.6) is 0 Å². The Balaban J connectivity index is 1.87. The monoisotopic (exact) mass is 506 g/mol. The van der Waals surface area contributed by atoms with E-state index in [9.17, 15) is 13.2 Å². The van der Waals surface area contributed by atoms with Crippen molar-refractivity contribution < 1.29 is 13.2 Å². The number of amides is 1. The highest BCUT2D eigenvalue weighted by Gasteiger charge is 2.27. The third kappa shape index (κ3) is 5.41. The van der Waals surface area contributed by atoms with Crippen LogP contribution in [0.2, 0.25) is 5.02 Å². The Morgan fingerprint density at radius 2 is 1.73 bits per heavy atom. The minimum Gasteiger partial charge on any atom is -0.350 e. The second-order valence-corrected chi connectivity index (χ2v) is 9.86. The number of rotatable bonds is 7. The molecule has 0 bridgehead atoms. The van der Waals surface area contributed by atoms with Crippen LogP contribution in [0.4, 0.5) is 5.69 Å². The zero-order valence-electron chi connectivity index (χ0n) is 16.2. The van der Waals surface area contributed by atoms with Crippen molar-refractivity contribution in [1.82, 2.24) is 5.32 Å². The fourth-order valence-electron chi connectivity index (χ4n) is 2.81. The molecule has 0 radical (unpaired) electrons. The van der Waals surface area contributed by atoms with Gasteiger partial charge in [0, 0.05) is 16.0 Å². The van der Waals surface area contributed by atoms with E-state index in [1.165, 1.54) is 12.1 Å². The summed E-state index contributed by atoms with van der Waals surface area (Å²) >= 11 is 9.49. The van der Waals surface area contributed by atoms with Gasteiger partial charge >= 0.3 is 0 Å². The molecule has 30 heavy (non-hydrogen) atoms. The Labute approximate surface area is 189 Å². The Kier molecular flexibility index (Phi) is 7.18. The smallest absolute Gasteiger partial charge is 0.264 e. The van der Waals surface area contributed by atoms with E-state index in [2.05, 4.69) is 21.2 Å². The van der Waals surface area contributed by atoms with Crippen LogP contribution in [-0.2, 0) is 21.4 Å². The highest BCUT2D eigenvalue weighted by atomic mass is 79.9. The number of aryl methyl sites for hydroxylation is 1. The van der Waals surface area contributed by atoms with Gasteiger partial charge in [0.25, 0.3) is 10.0 Å². The summed E-state index contributed by atoms with van der Waals surface area (Å²) in [6.45, 7) is 1.72. The van der Waals surface area contributed by atoms with E-state index < -0.39 is 15.9 Å². The van der Waals surface area contributed by atoms with Gasteiger partial charge in [0.1, 0.15) is 6.54 Å². The molecule has 3 rings (SSSR count). The third-order valence-corrected chi connectivity index (χ3v) is 7.08. The lowest BCUT2D eigenvalue weighted by Gasteiger charge is -2.24. The molecule has 0 fully saturated rings. The molecular weight excluding hydrogens is 488 g/mol. The van der Waals surface area contributed by atoms with E-state index in [4.69, 9.17) is 11.6 Å². The van der Waals surface area contributed by atoms with Crippen LogP contribution >= 0.6 is 27.5 Å². The molecule has 5 nitrogen and oxygen atoms in total. The fourth-order valence-corrected chi connectivity index (χ4v) is 4.81. The molecule has 0 atom stereocenters. The maximum absolute atomic E-state index is 13.3. The van der Waals surface area contributed by atoms with Crippen LogP contribution in [0.25, 0.3) is 0 Å². The molecule has 1 N–H and O–H groups in total. The first-order chi connectivity index (χ1) is 14.3. The van der Waals surface area contributed by atoms with Gasteiger partial charge in [0.2, 0.25) is 5.91 Å². The minimum absolute atomic E-state index is 0.118. The quantitative estimate of drug-likeness (QED) is 0.493. The van der Waals surface area contributed by atoms with Gasteiger partial charge < -0.3 is 5.32 Å². The summed E-state index contributed by atoms with van der Waals surface area (Å²) in [5.41, 5.74) is 2.08. The molecule has 0 aromatic heterocycles. The number of carbonyl (C=O) groups is 1. The summed E-state index contributed by atoms with van der Waals surface area (Å²) in [6.07, 6.45) is 0. The molecule has 0 aliphatic heterocycles. The van der Waals surface area contributed by atoms with Gasteiger partial charge in [-0.1, -0.05) is 69.5 Å². The van der Waals surface area contributed by atoms with Crippen molar-refractivity contribution in [2.45, 2.75) is 18.4 Å². The van der Waals surface area contributed by atoms with Crippen molar-refractivity contribution in [2.75, 3.05) is 10.8 Å². The number of sulfonamides is 1. The van der Waals surface area contributed by atoms with Gasteiger partial charge in [-0.05, 0) is 48.9 Å². The summed E-state index contributed by atoms with van der Waals surface area (Å²) < 4.78 is 28.5. The van der Waals surface area contributed by atoms with Crippen molar-refractivity contribution in [1.29, 1.82) is 0 Å². The molecule has 0 aliphatic rings. The van der Waals surface area contributed by atoms with Gasteiger partial charge in [-0.3, -0.25) is 9.10 Å². The summed E-state index contributed by atoms with van der Waals surface area (Å²) in [7, 11) is -3.95. The Hall–Kier alpha value is -2.35. The van der Waals surface area contributed by atoms with E-state index in [1.807, 2.05) is 13.0 Å². The van der Waals surface area contributed by atoms with Crippen LogP contribution < -0.4 is 9.62 Å². The van der Waals surface area contributed by atoms with Crippen molar-refractivity contribution in [2.24, 2.45) is 0 Å². The lowest BCUT2D eigenvalue weighted by atomic mass is 10.2. The maximum atomic E-state index is 13.3. The normalized spacial score (nSPS) is 11.2. The van der Waals surface area contributed by atoms with Gasteiger partial charge in [-0.15, -0.1) is 0 Å². The van der Waals surface area contributed by atoms with Gasteiger partial charge in [0.15, 0.2) is 0 Å². The van der Waals surface area contributed by atoms with Crippen LogP contribution in [0, 0.1) is 6.92 Å². The number of carbonyl (C=O) groups excluding carboxylic acids is 1. The number of nitrogens with zero attached hydrogens (tertiary/aromatic N) is 1. The second-order valence-electron chi connectivity index (χ2n) is 6.67. The second kappa shape index (κ2) is 9.64. The first-order valence-electron chi connectivity index (χ1n) is 9.12. The Morgan fingerprint density at radius 3 is 2.40 bits per heavy atom. The molecule has 0 saturated carbocycles. The first kappa shape index (κ1) is 22.3. The van der Waals surface area contributed by atoms with Crippen molar-refractivity contribution >= 4 is 49.1 Å². The van der Waals surface area contributed by atoms with Crippen LogP contribution in [0.1, 0.15) is 11.1 Å². The van der Waals surface area contributed by atoms with Crippen LogP contribution in [0.3, 0.4) is 0 Å². The van der Waals surface area contributed by atoms with E-state index >= 15 is 0 Å². The number of nitrogens with one attached hydrogen (secondary N) is 1. The Morgan fingerprint density at radius 1 is 1.03 bits per heavy atom. The molecule has 3 aromatic carbocycles. The Bertz CT molecular complexity index is 1150. The van der Waals surface area contributed by atoms with Gasteiger partial charge in [-0.25, -0.2) is 8.42 Å². The zero-order chi connectivity index (χ0) is 21.7.